The van der Waals surface area contributed by atoms with Crippen LogP contribution < -0.4 is 16.4 Å². The first-order chi connectivity index (χ1) is 7.32. The van der Waals surface area contributed by atoms with Crippen LogP contribution in [0.25, 0.3) is 0 Å². The van der Waals surface area contributed by atoms with Gasteiger partial charge in [0.2, 0.25) is 5.91 Å². The van der Waals surface area contributed by atoms with Gasteiger partial charge in [0.15, 0.2) is 0 Å². The van der Waals surface area contributed by atoms with Crippen molar-refractivity contribution in [2.45, 2.75) is 18.9 Å². The number of alkyl halides is 2. The summed E-state index contributed by atoms with van der Waals surface area (Å²) in [5.74, 6) is -2.41. The Morgan fingerprint density at radius 2 is 1.88 bits per heavy atom. The van der Waals surface area contributed by atoms with Crippen molar-refractivity contribution in [3.05, 3.63) is 0 Å². The number of carboxylic acid groups (broad SMARTS) is 1. The number of rotatable bonds is 6. The minimum absolute atomic E-state index is 0.614. The highest BCUT2D eigenvalue weighted by Crippen LogP contribution is 1.92. The van der Waals surface area contributed by atoms with E-state index in [1.54, 1.807) is 5.32 Å². The van der Waals surface area contributed by atoms with Gasteiger partial charge in [0.1, 0.15) is 6.04 Å². The number of carboxylic acids is 1. The summed E-state index contributed by atoms with van der Waals surface area (Å²) >= 11 is 0. The van der Waals surface area contributed by atoms with Crippen LogP contribution >= 0.6 is 0 Å². The molecule has 0 aliphatic rings. The van der Waals surface area contributed by atoms with Gasteiger partial charge in [-0.3, -0.25) is 4.79 Å². The summed E-state index contributed by atoms with van der Waals surface area (Å²) in [5.41, 5.74) is 4.74. The van der Waals surface area contributed by atoms with E-state index in [1.807, 2.05) is 5.32 Å². The van der Waals surface area contributed by atoms with E-state index in [9.17, 15) is 23.2 Å². The van der Waals surface area contributed by atoms with E-state index < -0.39 is 43.3 Å². The van der Waals surface area contributed by atoms with Gasteiger partial charge >= 0.3 is 12.0 Å². The Hall–Kier alpha value is -1.93. The van der Waals surface area contributed by atoms with Crippen LogP contribution in [0, 0.1) is 0 Å². The number of urea groups is 1. The third-order valence-electron chi connectivity index (χ3n) is 1.43. The molecule has 7 nitrogen and oxygen atoms in total. The minimum atomic E-state index is -2.75. The van der Waals surface area contributed by atoms with Crippen LogP contribution in [0.4, 0.5) is 13.6 Å². The Kier molecular flexibility index (Phi) is 5.75. The molecule has 0 aliphatic heterocycles. The topological polar surface area (TPSA) is 122 Å². The summed E-state index contributed by atoms with van der Waals surface area (Å²) in [6, 6.07) is -2.64. The second-order valence-corrected chi connectivity index (χ2v) is 2.81. The van der Waals surface area contributed by atoms with Gasteiger partial charge < -0.3 is 21.5 Å². The number of hydrogen-bond donors (Lipinski definition) is 4. The lowest BCUT2D eigenvalue weighted by molar-refractivity contribution is -0.140. The highest BCUT2D eigenvalue weighted by atomic mass is 19.3. The third kappa shape index (κ3) is 6.51. The molecule has 3 amide bonds. The molecule has 0 aromatic carbocycles. The lowest BCUT2D eigenvalue weighted by atomic mass is 10.2. The SMILES string of the molecule is NC(=O)C[C@H](NC(=O)NCC(F)F)C(=O)O. The molecule has 0 spiro atoms. The monoisotopic (exact) mass is 239 g/mol. The van der Waals surface area contributed by atoms with E-state index in [0.717, 1.165) is 0 Å². The van der Waals surface area contributed by atoms with Crippen molar-refractivity contribution >= 4 is 17.9 Å². The summed E-state index contributed by atoms with van der Waals surface area (Å²) in [7, 11) is 0. The number of carbonyl (C=O) groups is 3. The lowest BCUT2D eigenvalue weighted by Gasteiger charge is -2.13. The van der Waals surface area contributed by atoms with Gasteiger partial charge in [-0.05, 0) is 0 Å². The van der Waals surface area contributed by atoms with E-state index in [0.29, 0.717) is 0 Å². The van der Waals surface area contributed by atoms with Crippen LogP contribution in [-0.2, 0) is 9.59 Å². The molecule has 92 valence electrons. The molecule has 0 radical (unpaired) electrons. The molecule has 0 saturated carbocycles. The van der Waals surface area contributed by atoms with E-state index in [2.05, 4.69) is 0 Å². The number of nitrogens with two attached hydrogens (primary N) is 1. The molecule has 0 bridgehead atoms. The summed E-state index contributed by atoms with van der Waals surface area (Å²) in [4.78, 5) is 31.8. The Morgan fingerprint density at radius 3 is 2.25 bits per heavy atom. The smallest absolute Gasteiger partial charge is 0.326 e. The Morgan fingerprint density at radius 1 is 1.31 bits per heavy atom. The molecule has 0 unspecified atom stereocenters. The summed E-state index contributed by atoms with van der Waals surface area (Å²) in [6.07, 6.45) is -3.36. The molecule has 5 N–H and O–H groups in total. The van der Waals surface area contributed by atoms with Crippen molar-refractivity contribution in [1.82, 2.24) is 10.6 Å². The van der Waals surface area contributed by atoms with Gasteiger partial charge in [-0.25, -0.2) is 18.4 Å². The van der Waals surface area contributed by atoms with Crippen LogP contribution in [0.15, 0.2) is 0 Å². The molecule has 0 aromatic heterocycles. The molecular weight excluding hydrogens is 228 g/mol. The molecule has 0 saturated heterocycles. The molecule has 1 atom stereocenters. The normalized spacial score (nSPS) is 11.9. The van der Waals surface area contributed by atoms with Crippen LogP contribution in [0.5, 0.6) is 0 Å². The number of carbonyl (C=O) groups excluding carboxylic acids is 2. The first-order valence-corrected chi connectivity index (χ1v) is 4.16. The molecular formula is C7H11F2N3O4. The number of nitrogens with one attached hydrogen (secondary N) is 2. The predicted octanol–water partition coefficient (Wildman–Crippen LogP) is -1.12. The van der Waals surface area contributed by atoms with E-state index in [4.69, 9.17) is 10.8 Å². The Labute approximate surface area is 89.0 Å². The van der Waals surface area contributed by atoms with Crippen molar-refractivity contribution in [2.24, 2.45) is 5.73 Å². The highest BCUT2D eigenvalue weighted by Gasteiger charge is 2.22. The van der Waals surface area contributed by atoms with Crippen LogP contribution in [-0.4, -0.2) is 42.0 Å². The second kappa shape index (κ2) is 6.53. The maximum Gasteiger partial charge on any atom is 0.326 e. The van der Waals surface area contributed by atoms with Crippen LogP contribution in [0.3, 0.4) is 0 Å². The average molecular weight is 239 g/mol. The highest BCUT2D eigenvalue weighted by molar-refractivity contribution is 5.87. The maximum absolute atomic E-state index is 11.7. The Balaban J connectivity index is 4.13. The molecule has 0 aromatic rings. The number of amides is 3. The van der Waals surface area contributed by atoms with Crippen LogP contribution in [0.1, 0.15) is 6.42 Å². The van der Waals surface area contributed by atoms with E-state index in [-0.39, 0.29) is 0 Å². The number of hydrogen-bond acceptors (Lipinski definition) is 3. The number of halogens is 2. The number of primary amides is 1. The summed E-state index contributed by atoms with van der Waals surface area (Å²) in [5, 5.41) is 12.1. The van der Waals surface area contributed by atoms with Crippen molar-refractivity contribution in [3.8, 4) is 0 Å². The molecule has 9 heteroatoms. The van der Waals surface area contributed by atoms with Crippen LogP contribution in [0.2, 0.25) is 0 Å². The van der Waals surface area contributed by atoms with Gasteiger partial charge in [0.05, 0.1) is 13.0 Å². The summed E-state index contributed by atoms with van der Waals surface area (Å²) < 4.78 is 23.3. The largest absolute Gasteiger partial charge is 0.480 e. The zero-order chi connectivity index (χ0) is 12.7. The van der Waals surface area contributed by atoms with Crippen molar-refractivity contribution < 1.29 is 28.3 Å². The fourth-order valence-electron chi connectivity index (χ4n) is 0.780. The molecule has 0 aliphatic carbocycles. The zero-order valence-electron chi connectivity index (χ0n) is 8.07. The van der Waals surface area contributed by atoms with Gasteiger partial charge in [0.25, 0.3) is 6.43 Å². The quantitative estimate of drug-likeness (QED) is 0.469. The molecule has 0 fully saturated rings. The average Bonchev–Trinajstić information content (AvgIpc) is 2.12. The third-order valence-corrected chi connectivity index (χ3v) is 1.43. The fourth-order valence-corrected chi connectivity index (χ4v) is 0.780. The Bertz CT molecular complexity index is 285. The van der Waals surface area contributed by atoms with Gasteiger partial charge in [-0.1, -0.05) is 0 Å². The van der Waals surface area contributed by atoms with Crippen molar-refractivity contribution in [1.29, 1.82) is 0 Å². The maximum atomic E-state index is 11.7. The van der Waals surface area contributed by atoms with Crippen molar-refractivity contribution in [3.63, 3.8) is 0 Å². The number of aliphatic carboxylic acids is 1. The fraction of sp³-hybridized carbons (Fsp3) is 0.571. The molecule has 0 rings (SSSR count). The lowest BCUT2D eigenvalue weighted by Crippen LogP contribution is -2.48. The van der Waals surface area contributed by atoms with Crippen molar-refractivity contribution in [2.75, 3.05) is 6.54 Å². The molecule has 16 heavy (non-hydrogen) atoms. The zero-order valence-corrected chi connectivity index (χ0v) is 8.07. The van der Waals surface area contributed by atoms with Gasteiger partial charge in [-0.2, -0.15) is 0 Å². The first-order valence-electron chi connectivity index (χ1n) is 4.16. The predicted molar refractivity (Wildman–Crippen MR) is 47.8 cm³/mol. The standard InChI is InChI=1S/C7H11F2N3O4/c8-4(9)2-11-7(16)12-3(6(14)15)1-5(10)13/h3-4H,1-2H2,(H2,10,13)(H,14,15)(H2,11,12,16)/t3-/m0/s1. The van der Waals surface area contributed by atoms with Gasteiger partial charge in [-0.15, -0.1) is 0 Å². The first kappa shape index (κ1) is 14.1. The molecule has 0 heterocycles. The minimum Gasteiger partial charge on any atom is -0.480 e. The van der Waals surface area contributed by atoms with E-state index in [1.165, 1.54) is 0 Å². The van der Waals surface area contributed by atoms with Gasteiger partial charge in [0, 0.05) is 0 Å². The van der Waals surface area contributed by atoms with E-state index >= 15 is 0 Å². The second-order valence-electron chi connectivity index (χ2n) is 2.81. The summed E-state index contributed by atoms with van der Waals surface area (Å²) in [6.45, 7) is -0.908.